The van der Waals surface area contributed by atoms with Gasteiger partial charge in [-0.2, -0.15) is 8.42 Å². The van der Waals surface area contributed by atoms with E-state index in [1.165, 1.54) is 12.1 Å². The smallest absolute Gasteiger partial charge is 0.294 e. The Hall–Kier alpha value is -1.76. The highest BCUT2D eigenvalue weighted by Gasteiger charge is 2.06. The van der Waals surface area contributed by atoms with Crippen LogP contribution in [0.2, 0.25) is 0 Å². The van der Waals surface area contributed by atoms with E-state index in [1.807, 2.05) is 17.1 Å². The molecule has 0 aliphatic rings. The first kappa shape index (κ1) is 13.2. The summed E-state index contributed by atoms with van der Waals surface area (Å²) in [5, 5.41) is 9.00. The van der Waals surface area contributed by atoms with Gasteiger partial charge in [0.05, 0.1) is 4.90 Å². The summed E-state index contributed by atoms with van der Waals surface area (Å²) in [7, 11) is -4.02. The van der Waals surface area contributed by atoms with Gasteiger partial charge in [0, 0.05) is 4.91 Å². The fourth-order valence-electron chi connectivity index (χ4n) is 0.710. The summed E-state index contributed by atoms with van der Waals surface area (Å²) in [6, 6.07) is 5.99. The monoisotopic (exact) mass is 231 g/mol. The Kier molecular flexibility index (Phi) is 5.18. The highest BCUT2D eigenvalue weighted by molar-refractivity contribution is 7.85. The topological polar surface area (TPSA) is 123 Å². The van der Waals surface area contributed by atoms with Gasteiger partial charge in [0.1, 0.15) is 5.28 Å². The van der Waals surface area contributed by atoms with E-state index >= 15 is 0 Å². The van der Waals surface area contributed by atoms with Gasteiger partial charge in [0.2, 0.25) is 0 Å². The van der Waals surface area contributed by atoms with Gasteiger partial charge in [0.25, 0.3) is 10.1 Å². The van der Waals surface area contributed by atoms with Crippen molar-refractivity contribution in [1.82, 2.24) is 0 Å². The normalized spacial score (nSPS) is 9.47. The first-order valence-corrected chi connectivity index (χ1v) is 5.08. The molecule has 2 N–H and O–H groups in total. The molecule has 0 heterocycles. The third-order valence-electron chi connectivity index (χ3n) is 1.36. The van der Waals surface area contributed by atoms with Crippen molar-refractivity contribution in [3.63, 3.8) is 0 Å². The molecule has 1 rings (SSSR count). The van der Waals surface area contributed by atoms with Gasteiger partial charge < -0.3 is 5.21 Å². The Morgan fingerprint density at radius 1 is 1.33 bits per heavy atom. The molecule has 0 saturated heterocycles. The molecule has 0 aliphatic heterocycles. The Morgan fingerprint density at radius 2 is 1.73 bits per heavy atom. The van der Waals surface area contributed by atoms with Crippen LogP contribution in [-0.2, 0) is 10.1 Å². The van der Waals surface area contributed by atoms with Crippen LogP contribution in [0.1, 0.15) is 5.56 Å². The summed E-state index contributed by atoms with van der Waals surface area (Å²) in [5.41, 5.74) is 8.04. The minimum absolute atomic E-state index is 0.0666. The molecule has 0 radical (unpaired) electrons. The fourth-order valence-corrected chi connectivity index (χ4v) is 1.19. The summed E-state index contributed by atoms with van der Waals surface area (Å²) in [4.78, 5) is 1.85. The van der Waals surface area contributed by atoms with Crippen molar-refractivity contribution < 1.29 is 18.2 Å². The van der Waals surface area contributed by atoms with Crippen LogP contribution in [0, 0.1) is 6.92 Å². The molecule has 0 unspecified atom stereocenters. The highest BCUT2D eigenvalue weighted by Crippen LogP contribution is 2.08. The summed E-state index contributed by atoms with van der Waals surface area (Å²) in [5.74, 6) is 0. The molecule has 7 nitrogen and oxygen atoms in total. The van der Waals surface area contributed by atoms with Crippen LogP contribution < -0.4 is 0 Å². The lowest BCUT2D eigenvalue weighted by Crippen LogP contribution is -1.96. The summed E-state index contributed by atoms with van der Waals surface area (Å²) in [6.45, 7) is 1.84. The van der Waals surface area contributed by atoms with E-state index in [1.54, 1.807) is 12.1 Å². The van der Waals surface area contributed by atoms with E-state index in [-0.39, 0.29) is 4.90 Å². The Labute approximate surface area is 86.3 Å². The number of hydrogen-bond donors (Lipinski definition) is 2. The standard InChI is InChI=1S/C7H8O3S.HN3O/c1-6-2-4-7(5-3-6)11(8,9)10;1-2-3-4/h2-5H,1H3,(H,8,9,10);4H. The van der Waals surface area contributed by atoms with Crippen molar-refractivity contribution >= 4 is 10.1 Å². The lowest BCUT2D eigenvalue weighted by Gasteiger charge is -1.95. The predicted molar refractivity (Wildman–Crippen MR) is 51.9 cm³/mol. The third kappa shape index (κ3) is 5.53. The molecule has 0 aromatic heterocycles. The number of rotatable bonds is 1. The van der Waals surface area contributed by atoms with E-state index in [2.05, 4.69) is 0 Å². The number of nitrogens with zero attached hydrogens (tertiary/aromatic N) is 3. The average Bonchev–Trinajstić information content (AvgIpc) is 2.17. The second-order valence-corrected chi connectivity index (χ2v) is 3.89. The maximum absolute atomic E-state index is 10.5. The molecule has 0 aliphatic carbocycles. The molecular formula is C7H9N3O4S. The molecule has 0 saturated carbocycles. The zero-order valence-corrected chi connectivity index (χ0v) is 8.59. The quantitative estimate of drug-likeness (QED) is 0.252. The zero-order chi connectivity index (χ0) is 11.9. The molecule has 8 heteroatoms. The van der Waals surface area contributed by atoms with Crippen LogP contribution in [0.5, 0.6) is 0 Å². The van der Waals surface area contributed by atoms with Crippen LogP contribution in [0.3, 0.4) is 0 Å². The molecule has 1 aromatic carbocycles. The summed E-state index contributed by atoms with van der Waals surface area (Å²) >= 11 is 0. The molecule has 0 amide bonds. The first-order valence-electron chi connectivity index (χ1n) is 3.64. The van der Waals surface area contributed by atoms with Crippen molar-refractivity contribution in [3.05, 3.63) is 40.3 Å². The van der Waals surface area contributed by atoms with Gasteiger partial charge in [-0.25, -0.2) is 0 Å². The van der Waals surface area contributed by atoms with Gasteiger partial charge in [-0.05, 0) is 24.6 Å². The molecule has 0 spiro atoms. The van der Waals surface area contributed by atoms with E-state index in [4.69, 9.17) is 15.3 Å². The maximum Gasteiger partial charge on any atom is 0.294 e. The van der Waals surface area contributed by atoms with Gasteiger partial charge >= 0.3 is 0 Å². The van der Waals surface area contributed by atoms with Crippen molar-refractivity contribution in [2.24, 2.45) is 5.28 Å². The van der Waals surface area contributed by atoms with Gasteiger partial charge in [-0.15, -0.1) is 0 Å². The third-order valence-corrected chi connectivity index (χ3v) is 2.23. The molecule has 0 bridgehead atoms. The average molecular weight is 231 g/mol. The number of aryl methyl sites for hydroxylation is 1. The van der Waals surface area contributed by atoms with Crippen LogP contribution in [0.15, 0.2) is 34.4 Å². The zero-order valence-electron chi connectivity index (χ0n) is 7.77. The van der Waals surface area contributed by atoms with Gasteiger partial charge in [0.15, 0.2) is 0 Å². The lowest BCUT2D eigenvalue weighted by molar-refractivity contribution is 0.310. The Morgan fingerprint density at radius 3 is 2.00 bits per heavy atom. The summed E-state index contributed by atoms with van der Waals surface area (Å²) in [6.07, 6.45) is 0. The van der Waals surface area contributed by atoms with Crippen LogP contribution in [-0.4, -0.2) is 18.2 Å². The molecule has 82 valence electrons. The SMILES string of the molecule is Cc1ccc(S(=O)(=O)O)cc1.[N-]=[N+]=NO. The van der Waals surface area contributed by atoms with Crippen LogP contribution in [0.4, 0.5) is 0 Å². The maximum atomic E-state index is 10.5. The number of azide groups is 1. The van der Waals surface area contributed by atoms with E-state index in [0.29, 0.717) is 0 Å². The predicted octanol–water partition coefficient (Wildman–Crippen LogP) is 1.93. The Bertz CT molecular complexity index is 448. The molecule has 1 aromatic rings. The largest absolute Gasteiger partial charge is 0.449 e. The molecular weight excluding hydrogens is 222 g/mol. The number of hydrogen-bond acceptors (Lipinski definition) is 3. The van der Waals surface area contributed by atoms with Crippen molar-refractivity contribution in [2.45, 2.75) is 11.8 Å². The first-order chi connectivity index (χ1) is 6.91. The van der Waals surface area contributed by atoms with Crippen LogP contribution in [0.25, 0.3) is 10.4 Å². The molecule has 15 heavy (non-hydrogen) atoms. The van der Waals surface area contributed by atoms with E-state index in [9.17, 15) is 8.42 Å². The van der Waals surface area contributed by atoms with Crippen molar-refractivity contribution in [1.29, 1.82) is 0 Å². The highest BCUT2D eigenvalue weighted by atomic mass is 32.2. The van der Waals surface area contributed by atoms with Crippen LogP contribution >= 0.6 is 0 Å². The molecule has 0 fully saturated rings. The summed E-state index contributed by atoms with van der Waals surface area (Å²) < 4.78 is 29.6. The lowest BCUT2D eigenvalue weighted by atomic mass is 10.2. The second-order valence-electron chi connectivity index (χ2n) is 2.47. The van der Waals surface area contributed by atoms with Gasteiger partial charge in [-0.3, -0.25) is 4.55 Å². The van der Waals surface area contributed by atoms with Crippen molar-refractivity contribution in [2.75, 3.05) is 0 Å². The van der Waals surface area contributed by atoms with Gasteiger partial charge in [-0.1, -0.05) is 17.7 Å². The Balaban J connectivity index is 0.000000423. The van der Waals surface area contributed by atoms with E-state index < -0.39 is 10.1 Å². The fraction of sp³-hybridized carbons (Fsp3) is 0.143. The minimum atomic E-state index is -4.02. The van der Waals surface area contributed by atoms with Crippen molar-refractivity contribution in [3.8, 4) is 0 Å². The molecule has 0 atom stereocenters. The second kappa shape index (κ2) is 5.86. The minimum Gasteiger partial charge on any atom is -0.449 e. The number of benzene rings is 1. The van der Waals surface area contributed by atoms with E-state index in [0.717, 1.165) is 5.56 Å².